The highest BCUT2D eigenvalue weighted by molar-refractivity contribution is 9.10. The van der Waals surface area contributed by atoms with Crippen molar-refractivity contribution in [1.29, 1.82) is 0 Å². The van der Waals surface area contributed by atoms with E-state index in [9.17, 15) is 0 Å². The minimum absolute atomic E-state index is 0.318. The van der Waals surface area contributed by atoms with Crippen molar-refractivity contribution in [3.05, 3.63) is 50.1 Å². The molecule has 0 amide bonds. The van der Waals surface area contributed by atoms with E-state index < -0.39 is 0 Å². The van der Waals surface area contributed by atoms with Gasteiger partial charge in [-0.05, 0) is 63.4 Å². The molecule has 2 nitrogen and oxygen atoms in total. The molecule has 110 valence electrons. The maximum atomic E-state index is 4.58. The molecule has 0 saturated heterocycles. The summed E-state index contributed by atoms with van der Waals surface area (Å²) in [6.45, 7) is 3.22. The molecule has 3 heterocycles. The fourth-order valence-electron chi connectivity index (χ4n) is 2.33. The van der Waals surface area contributed by atoms with Gasteiger partial charge in [0.25, 0.3) is 0 Å². The molecule has 0 spiro atoms. The second-order valence-corrected chi connectivity index (χ2v) is 7.78. The van der Waals surface area contributed by atoms with Crippen LogP contribution in [0.4, 0.5) is 0 Å². The molecule has 0 aliphatic carbocycles. The van der Waals surface area contributed by atoms with E-state index in [1.807, 2.05) is 6.20 Å². The number of thiophene rings is 2. The standard InChI is InChI=1S/C16H17BrN2S2/c1-2-5-18-14(9-15-12(17)3-6-20-15)11-8-16-13(19-10-11)4-7-21-16/h3-4,6-8,10,14,18H,2,5,9H2,1H3. The Balaban J connectivity index is 1.88. The number of aromatic nitrogens is 1. The molecule has 5 heteroatoms. The molecule has 1 atom stereocenters. The van der Waals surface area contributed by atoms with E-state index in [1.165, 1.54) is 19.6 Å². The molecule has 0 aliphatic rings. The van der Waals surface area contributed by atoms with Gasteiger partial charge in [-0.25, -0.2) is 0 Å². The average molecular weight is 381 g/mol. The van der Waals surface area contributed by atoms with Crippen LogP contribution in [0.2, 0.25) is 0 Å². The van der Waals surface area contributed by atoms with E-state index in [2.05, 4.69) is 62.1 Å². The lowest BCUT2D eigenvalue weighted by Gasteiger charge is -2.18. The fourth-order valence-corrected chi connectivity index (χ4v) is 4.69. The molecular formula is C16H17BrN2S2. The van der Waals surface area contributed by atoms with E-state index in [0.29, 0.717) is 6.04 Å². The van der Waals surface area contributed by atoms with Gasteiger partial charge in [-0.15, -0.1) is 22.7 Å². The van der Waals surface area contributed by atoms with E-state index in [4.69, 9.17) is 0 Å². The van der Waals surface area contributed by atoms with Gasteiger partial charge in [0.1, 0.15) is 0 Å². The largest absolute Gasteiger partial charge is 0.310 e. The number of nitrogens with zero attached hydrogens (tertiary/aromatic N) is 1. The number of pyridine rings is 1. The molecule has 3 aromatic heterocycles. The molecule has 3 rings (SSSR count). The first-order valence-electron chi connectivity index (χ1n) is 7.06. The second-order valence-electron chi connectivity index (χ2n) is 4.98. The monoisotopic (exact) mass is 380 g/mol. The third-order valence-corrected chi connectivity index (χ3v) is 6.25. The highest BCUT2D eigenvalue weighted by atomic mass is 79.9. The predicted molar refractivity (Wildman–Crippen MR) is 96.4 cm³/mol. The highest BCUT2D eigenvalue weighted by Gasteiger charge is 2.15. The minimum atomic E-state index is 0.318. The second kappa shape index (κ2) is 7.01. The summed E-state index contributed by atoms with van der Waals surface area (Å²) < 4.78 is 2.47. The van der Waals surface area contributed by atoms with Gasteiger partial charge in [-0.2, -0.15) is 0 Å². The molecule has 21 heavy (non-hydrogen) atoms. The van der Waals surface area contributed by atoms with Crippen LogP contribution in [-0.4, -0.2) is 11.5 Å². The Hall–Kier alpha value is -0.750. The van der Waals surface area contributed by atoms with Crippen molar-refractivity contribution in [3.63, 3.8) is 0 Å². The van der Waals surface area contributed by atoms with Gasteiger partial charge in [0.15, 0.2) is 0 Å². The average Bonchev–Trinajstić information content (AvgIpc) is 3.11. The summed E-state index contributed by atoms with van der Waals surface area (Å²) in [6.07, 6.45) is 4.15. The molecule has 0 saturated carbocycles. The first-order valence-corrected chi connectivity index (χ1v) is 9.61. The Bertz CT molecular complexity index is 720. The van der Waals surface area contributed by atoms with Crippen molar-refractivity contribution in [3.8, 4) is 0 Å². The molecule has 0 fully saturated rings. The Kier molecular flexibility index (Phi) is 5.06. The van der Waals surface area contributed by atoms with Crippen molar-refractivity contribution in [2.24, 2.45) is 0 Å². The van der Waals surface area contributed by atoms with E-state index >= 15 is 0 Å². The van der Waals surface area contributed by atoms with Gasteiger partial charge in [0.2, 0.25) is 0 Å². The summed E-state index contributed by atoms with van der Waals surface area (Å²) in [7, 11) is 0. The smallest absolute Gasteiger partial charge is 0.0809 e. The van der Waals surface area contributed by atoms with Crippen LogP contribution in [0.1, 0.15) is 29.8 Å². The van der Waals surface area contributed by atoms with Gasteiger partial charge in [0, 0.05) is 28.0 Å². The van der Waals surface area contributed by atoms with Gasteiger partial charge in [-0.1, -0.05) is 6.92 Å². The summed E-state index contributed by atoms with van der Waals surface area (Å²) in [5, 5.41) is 7.90. The number of halogens is 1. The lowest BCUT2D eigenvalue weighted by atomic mass is 10.0. The van der Waals surface area contributed by atoms with Gasteiger partial charge >= 0.3 is 0 Å². The SMILES string of the molecule is CCCNC(Cc1sccc1Br)c1cnc2ccsc2c1. The number of fused-ring (bicyclic) bond motifs is 1. The topological polar surface area (TPSA) is 24.9 Å². The predicted octanol–water partition coefficient (Wildman–Crippen LogP) is 5.40. The van der Waals surface area contributed by atoms with Crippen LogP contribution in [0.25, 0.3) is 10.2 Å². The third kappa shape index (κ3) is 3.54. The maximum absolute atomic E-state index is 4.58. The molecular weight excluding hydrogens is 364 g/mol. The van der Waals surface area contributed by atoms with Crippen LogP contribution in [0.15, 0.2) is 39.6 Å². The molecule has 0 aromatic carbocycles. The van der Waals surface area contributed by atoms with Crippen LogP contribution < -0.4 is 5.32 Å². The summed E-state index contributed by atoms with van der Waals surface area (Å²) in [5.41, 5.74) is 2.37. The van der Waals surface area contributed by atoms with Crippen LogP contribution in [0.3, 0.4) is 0 Å². The Morgan fingerprint density at radius 2 is 2.14 bits per heavy atom. The molecule has 1 unspecified atom stereocenters. The lowest BCUT2D eigenvalue weighted by molar-refractivity contribution is 0.531. The highest BCUT2D eigenvalue weighted by Crippen LogP contribution is 2.30. The first kappa shape index (κ1) is 15.2. The first-order chi connectivity index (χ1) is 10.3. The number of rotatable bonds is 6. The van der Waals surface area contributed by atoms with Crippen LogP contribution in [0, 0.1) is 0 Å². The minimum Gasteiger partial charge on any atom is -0.310 e. The quantitative estimate of drug-likeness (QED) is 0.618. The summed E-state index contributed by atoms with van der Waals surface area (Å²) in [6, 6.07) is 6.80. The third-order valence-electron chi connectivity index (χ3n) is 3.45. The normalized spacial score (nSPS) is 12.9. The van der Waals surface area contributed by atoms with Crippen LogP contribution in [-0.2, 0) is 6.42 Å². The zero-order chi connectivity index (χ0) is 14.7. The van der Waals surface area contributed by atoms with Gasteiger partial charge < -0.3 is 5.32 Å². The van der Waals surface area contributed by atoms with Crippen LogP contribution in [0.5, 0.6) is 0 Å². The van der Waals surface area contributed by atoms with E-state index in [0.717, 1.165) is 24.9 Å². The fraction of sp³-hybridized carbons (Fsp3) is 0.312. The number of hydrogen-bond acceptors (Lipinski definition) is 4. The van der Waals surface area contributed by atoms with Crippen molar-refractivity contribution in [2.45, 2.75) is 25.8 Å². The van der Waals surface area contributed by atoms with Crippen molar-refractivity contribution >= 4 is 48.8 Å². The Morgan fingerprint density at radius 1 is 1.29 bits per heavy atom. The molecule has 0 aliphatic heterocycles. The maximum Gasteiger partial charge on any atom is 0.0809 e. The summed E-state index contributed by atoms with van der Waals surface area (Å²) >= 11 is 7.20. The summed E-state index contributed by atoms with van der Waals surface area (Å²) in [5.74, 6) is 0. The zero-order valence-corrected chi connectivity index (χ0v) is 15.0. The zero-order valence-electron chi connectivity index (χ0n) is 11.8. The summed E-state index contributed by atoms with van der Waals surface area (Å²) in [4.78, 5) is 5.97. The van der Waals surface area contributed by atoms with Gasteiger partial charge in [-0.3, -0.25) is 4.98 Å². The van der Waals surface area contributed by atoms with Gasteiger partial charge in [0.05, 0.1) is 10.2 Å². The Labute approximate surface area is 141 Å². The molecule has 1 N–H and O–H groups in total. The van der Waals surface area contributed by atoms with Crippen LogP contribution >= 0.6 is 38.6 Å². The van der Waals surface area contributed by atoms with E-state index in [1.54, 1.807) is 22.7 Å². The Morgan fingerprint density at radius 3 is 2.90 bits per heavy atom. The van der Waals surface area contributed by atoms with E-state index in [-0.39, 0.29) is 0 Å². The molecule has 0 radical (unpaired) electrons. The number of hydrogen-bond donors (Lipinski definition) is 1. The van der Waals surface area contributed by atoms with Crippen molar-refractivity contribution in [1.82, 2.24) is 10.3 Å². The van der Waals surface area contributed by atoms with Crippen molar-refractivity contribution in [2.75, 3.05) is 6.54 Å². The number of nitrogens with one attached hydrogen (secondary N) is 1. The molecule has 3 aromatic rings. The lowest BCUT2D eigenvalue weighted by Crippen LogP contribution is -2.24. The molecule has 0 bridgehead atoms. The van der Waals surface area contributed by atoms with Crippen molar-refractivity contribution < 1.29 is 0 Å².